The normalized spacial score (nSPS) is 13.9. The molecule has 3 aromatic rings. The lowest BCUT2D eigenvalue weighted by Gasteiger charge is -2.32. The summed E-state index contributed by atoms with van der Waals surface area (Å²) in [5, 5.41) is 3.78. The number of carbonyl (C=O) groups is 2. The van der Waals surface area contributed by atoms with Crippen molar-refractivity contribution in [2.75, 3.05) is 6.54 Å². The molecule has 0 bridgehead atoms. The molecule has 0 aromatic heterocycles. The molecular weight excluding hydrogens is 480 g/mol. The van der Waals surface area contributed by atoms with Gasteiger partial charge in [0.2, 0.25) is 11.8 Å². The van der Waals surface area contributed by atoms with E-state index < -0.39 is 6.04 Å². The smallest absolute Gasteiger partial charge is 0.247 e. The molecule has 37 heavy (non-hydrogen) atoms. The Morgan fingerprint density at radius 1 is 0.838 bits per heavy atom. The fraction of sp³-hybridized carbons (Fsp3) is 0.312. The van der Waals surface area contributed by atoms with E-state index in [4.69, 9.17) is 11.6 Å². The summed E-state index contributed by atoms with van der Waals surface area (Å²) in [5.41, 5.74) is 4.25. The monoisotopic (exact) mass is 514 g/mol. The van der Waals surface area contributed by atoms with Crippen LogP contribution in [-0.2, 0) is 22.6 Å². The van der Waals surface area contributed by atoms with Crippen molar-refractivity contribution in [3.63, 3.8) is 0 Å². The van der Waals surface area contributed by atoms with Crippen molar-refractivity contribution in [1.82, 2.24) is 10.2 Å². The molecule has 2 amide bonds. The van der Waals surface area contributed by atoms with Gasteiger partial charge in [0, 0.05) is 24.5 Å². The first kappa shape index (κ1) is 26.7. The maximum absolute atomic E-state index is 13.7. The zero-order valence-corrected chi connectivity index (χ0v) is 22.0. The minimum absolute atomic E-state index is 0.0576. The summed E-state index contributed by atoms with van der Waals surface area (Å²) >= 11 is 6.11. The molecule has 1 N–H and O–H groups in total. The summed E-state index contributed by atoms with van der Waals surface area (Å²) in [6.45, 7) is 0.893. The number of hydrogen-bond donors (Lipinski definition) is 1. The van der Waals surface area contributed by atoms with Crippen molar-refractivity contribution < 1.29 is 9.59 Å². The highest BCUT2D eigenvalue weighted by atomic mass is 35.5. The largest absolute Gasteiger partial charge is 0.354 e. The number of hydrogen-bond acceptors (Lipinski definition) is 2. The summed E-state index contributed by atoms with van der Waals surface area (Å²) < 4.78 is 0. The van der Waals surface area contributed by atoms with Gasteiger partial charge in [-0.15, -0.1) is 0 Å². The highest BCUT2D eigenvalue weighted by molar-refractivity contribution is 6.30. The third-order valence-corrected chi connectivity index (χ3v) is 7.11. The number of rotatable bonds is 11. The molecule has 4 nitrogen and oxygen atoms in total. The molecule has 0 spiro atoms. The maximum Gasteiger partial charge on any atom is 0.247 e. The molecule has 0 unspecified atom stereocenters. The van der Waals surface area contributed by atoms with E-state index in [1.807, 2.05) is 84.9 Å². The Kier molecular flexibility index (Phi) is 9.96. The molecule has 192 valence electrons. The van der Waals surface area contributed by atoms with E-state index in [2.05, 4.69) is 11.4 Å². The van der Waals surface area contributed by atoms with Gasteiger partial charge in [0.15, 0.2) is 0 Å². The summed E-state index contributed by atoms with van der Waals surface area (Å²) in [7, 11) is 0. The van der Waals surface area contributed by atoms with Gasteiger partial charge in [-0.3, -0.25) is 9.59 Å². The fourth-order valence-electron chi connectivity index (χ4n) is 4.83. The van der Waals surface area contributed by atoms with Crippen LogP contribution in [0.1, 0.15) is 61.3 Å². The first-order valence-corrected chi connectivity index (χ1v) is 13.6. The van der Waals surface area contributed by atoms with Gasteiger partial charge >= 0.3 is 0 Å². The molecule has 0 fully saturated rings. The number of carbonyl (C=O) groups excluding carboxylic acids is 2. The average Bonchev–Trinajstić information content (AvgIpc) is 2.94. The summed E-state index contributed by atoms with van der Waals surface area (Å²) in [6.07, 6.45) is 8.80. The number of aryl methyl sites for hydroxylation is 1. The lowest BCUT2D eigenvalue weighted by atomic mass is 9.97. The molecule has 5 heteroatoms. The van der Waals surface area contributed by atoms with Crippen LogP contribution < -0.4 is 5.32 Å². The van der Waals surface area contributed by atoms with Crippen LogP contribution in [-0.4, -0.2) is 23.3 Å². The van der Waals surface area contributed by atoms with Gasteiger partial charge in [0.25, 0.3) is 0 Å². The van der Waals surface area contributed by atoms with Crippen molar-refractivity contribution in [1.29, 1.82) is 0 Å². The minimum Gasteiger partial charge on any atom is -0.354 e. The fourth-order valence-corrected chi connectivity index (χ4v) is 4.96. The zero-order chi connectivity index (χ0) is 25.9. The van der Waals surface area contributed by atoms with E-state index in [1.165, 1.54) is 18.4 Å². The van der Waals surface area contributed by atoms with Gasteiger partial charge in [0.1, 0.15) is 6.04 Å². The SMILES string of the molecule is O=C(NCCC1=CCCCC1)[C@@H](c1ccccc1)N(Cc1ccc(Cl)cc1)C(=O)CCc1ccccc1. The molecular formula is C32H35ClN2O2. The van der Waals surface area contributed by atoms with Gasteiger partial charge in [-0.05, 0) is 67.3 Å². The van der Waals surface area contributed by atoms with Crippen LogP contribution >= 0.6 is 11.6 Å². The third kappa shape index (κ3) is 8.06. The van der Waals surface area contributed by atoms with Crippen molar-refractivity contribution in [2.45, 2.75) is 57.5 Å². The highest BCUT2D eigenvalue weighted by Gasteiger charge is 2.31. The Morgan fingerprint density at radius 2 is 1.54 bits per heavy atom. The maximum atomic E-state index is 13.7. The quantitative estimate of drug-likeness (QED) is 0.279. The Morgan fingerprint density at radius 3 is 2.22 bits per heavy atom. The van der Waals surface area contributed by atoms with E-state index >= 15 is 0 Å². The molecule has 0 radical (unpaired) electrons. The second-order valence-corrected chi connectivity index (χ2v) is 10.0. The van der Waals surface area contributed by atoms with Crippen LogP contribution in [0.3, 0.4) is 0 Å². The molecule has 0 saturated carbocycles. The standard InChI is InChI=1S/C32H35ClN2O2/c33-29-19-16-27(17-20-29)24-35(30(36)21-18-25-10-4-1-5-11-25)31(28-14-8-3-9-15-28)32(37)34-23-22-26-12-6-2-7-13-26/h1,3-5,8-12,14-17,19-20,31H,2,6-7,13,18,21-24H2,(H,34,37)/t31-/m1/s1. The van der Waals surface area contributed by atoms with Gasteiger partial charge in [-0.25, -0.2) is 0 Å². The topological polar surface area (TPSA) is 49.4 Å². The number of benzene rings is 3. The van der Waals surface area contributed by atoms with E-state index in [0.717, 1.165) is 36.0 Å². The Bertz CT molecular complexity index is 1180. The zero-order valence-electron chi connectivity index (χ0n) is 21.2. The van der Waals surface area contributed by atoms with Gasteiger partial charge in [0.05, 0.1) is 0 Å². The van der Waals surface area contributed by atoms with Crippen molar-refractivity contribution >= 4 is 23.4 Å². The average molecular weight is 515 g/mol. The molecule has 0 saturated heterocycles. The van der Waals surface area contributed by atoms with Crippen LogP contribution in [0.4, 0.5) is 0 Å². The lowest BCUT2D eigenvalue weighted by Crippen LogP contribution is -2.43. The summed E-state index contributed by atoms with van der Waals surface area (Å²) in [6, 6.07) is 26.3. The molecule has 1 aliphatic carbocycles. The number of allylic oxidation sites excluding steroid dienone is 1. The lowest BCUT2D eigenvalue weighted by molar-refractivity contribution is -0.141. The van der Waals surface area contributed by atoms with Crippen LogP contribution in [0.2, 0.25) is 5.02 Å². The van der Waals surface area contributed by atoms with Gasteiger partial charge < -0.3 is 10.2 Å². The highest BCUT2D eigenvalue weighted by Crippen LogP contribution is 2.26. The van der Waals surface area contributed by atoms with Gasteiger partial charge in [-0.2, -0.15) is 0 Å². The second-order valence-electron chi connectivity index (χ2n) is 9.60. The first-order chi connectivity index (χ1) is 18.1. The number of nitrogens with one attached hydrogen (secondary N) is 1. The number of amides is 2. The number of nitrogens with zero attached hydrogens (tertiary/aromatic N) is 1. The molecule has 4 rings (SSSR count). The van der Waals surface area contributed by atoms with Gasteiger partial charge in [-0.1, -0.05) is 96.0 Å². The van der Waals surface area contributed by atoms with E-state index in [9.17, 15) is 9.59 Å². The van der Waals surface area contributed by atoms with Crippen molar-refractivity contribution in [3.05, 3.63) is 118 Å². The Labute approximate surface area is 225 Å². The Hall–Kier alpha value is -3.37. The summed E-state index contributed by atoms with van der Waals surface area (Å²) in [4.78, 5) is 29.2. The Balaban J connectivity index is 1.56. The molecule has 3 aromatic carbocycles. The van der Waals surface area contributed by atoms with Crippen LogP contribution in [0.25, 0.3) is 0 Å². The molecule has 0 aliphatic heterocycles. The van der Waals surface area contributed by atoms with E-state index in [-0.39, 0.29) is 11.8 Å². The molecule has 1 atom stereocenters. The summed E-state index contributed by atoms with van der Waals surface area (Å²) in [5.74, 6) is -0.206. The van der Waals surface area contributed by atoms with Crippen LogP contribution in [0, 0.1) is 0 Å². The molecule has 0 heterocycles. The van der Waals surface area contributed by atoms with Crippen molar-refractivity contribution in [2.24, 2.45) is 0 Å². The predicted octanol–water partition coefficient (Wildman–Crippen LogP) is 7.05. The van der Waals surface area contributed by atoms with E-state index in [1.54, 1.807) is 4.90 Å². The van der Waals surface area contributed by atoms with E-state index in [0.29, 0.717) is 31.0 Å². The minimum atomic E-state index is -0.722. The van der Waals surface area contributed by atoms with Crippen LogP contribution in [0.15, 0.2) is 96.6 Å². The number of halogens is 1. The van der Waals surface area contributed by atoms with Crippen LogP contribution in [0.5, 0.6) is 0 Å². The van der Waals surface area contributed by atoms with Crippen molar-refractivity contribution in [3.8, 4) is 0 Å². The predicted molar refractivity (Wildman–Crippen MR) is 150 cm³/mol. The second kappa shape index (κ2) is 13.8. The molecule has 1 aliphatic rings. The third-order valence-electron chi connectivity index (χ3n) is 6.86. The first-order valence-electron chi connectivity index (χ1n) is 13.2.